The Hall–Kier alpha value is -1.63. The molecule has 0 aromatic carbocycles. The Kier molecular flexibility index (Phi) is 7.74. The van der Waals surface area contributed by atoms with Crippen molar-refractivity contribution in [3.63, 3.8) is 0 Å². The summed E-state index contributed by atoms with van der Waals surface area (Å²) < 4.78 is 4.58. The smallest absolute Gasteiger partial charge is 0.329 e. The van der Waals surface area contributed by atoms with Gasteiger partial charge in [-0.15, -0.1) is 0 Å². The molecule has 0 bridgehead atoms. The third-order valence-electron chi connectivity index (χ3n) is 2.50. The van der Waals surface area contributed by atoms with E-state index in [9.17, 15) is 14.4 Å². The van der Waals surface area contributed by atoms with Crippen LogP contribution in [0.4, 0.5) is 4.79 Å². The van der Waals surface area contributed by atoms with Gasteiger partial charge in [0.25, 0.3) is 5.91 Å². The molecule has 0 saturated carbocycles. The first-order chi connectivity index (χ1) is 8.73. The molecule has 3 amide bonds. The summed E-state index contributed by atoms with van der Waals surface area (Å²) in [6.45, 7) is 4.97. The van der Waals surface area contributed by atoms with Gasteiger partial charge in [0.05, 0.1) is 0 Å². The summed E-state index contributed by atoms with van der Waals surface area (Å²) in [6.07, 6.45) is 0.827. The fourth-order valence-corrected chi connectivity index (χ4v) is 1.52. The summed E-state index contributed by atoms with van der Waals surface area (Å²) in [6, 6.07) is -0.509. The topological polar surface area (TPSA) is 95.9 Å². The lowest BCUT2D eigenvalue weighted by molar-refractivity contribution is -0.143. The third-order valence-corrected chi connectivity index (χ3v) is 2.50. The van der Waals surface area contributed by atoms with Gasteiger partial charge in [0.15, 0.2) is 0 Å². The first-order valence-electron chi connectivity index (χ1n) is 6.10. The Balaban J connectivity index is 4.07. The number of carboxylic acids is 1. The van der Waals surface area contributed by atoms with E-state index >= 15 is 0 Å². The first-order valence-corrected chi connectivity index (χ1v) is 6.10. The van der Waals surface area contributed by atoms with Crippen LogP contribution in [0.2, 0.25) is 0 Å². The molecule has 0 saturated heterocycles. The second-order valence-corrected chi connectivity index (χ2v) is 4.83. The number of imide groups is 1. The number of amides is 3. The molecule has 0 fully saturated rings. The lowest BCUT2D eigenvalue weighted by Gasteiger charge is -2.26. The zero-order chi connectivity index (χ0) is 15.0. The lowest BCUT2D eigenvalue weighted by Crippen LogP contribution is -2.46. The van der Waals surface area contributed by atoms with Gasteiger partial charge in [-0.3, -0.25) is 10.1 Å². The second kappa shape index (κ2) is 8.47. The number of carbonyl (C=O) groups is 3. The SMILES string of the molecule is CC(C)CC(C)N(C)C(=O)NC(=O)COCC(=O)O. The minimum absolute atomic E-state index is 0.00716. The molecule has 0 aliphatic rings. The molecule has 0 aliphatic carbocycles. The molecule has 110 valence electrons. The van der Waals surface area contributed by atoms with E-state index in [0.717, 1.165) is 6.42 Å². The Morgan fingerprint density at radius 2 is 1.79 bits per heavy atom. The maximum atomic E-state index is 11.7. The Bertz CT molecular complexity index is 330. The summed E-state index contributed by atoms with van der Waals surface area (Å²) in [4.78, 5) is 34.6. The van der Waals surface area contributed by atoms with Gasteiger partial charge >= 0.3 is 12.0 Å². The summed E-state index contributed by atoms with van der Waals surface area (Å²) in [7, 11) is 1.60. The van der Waals surface area contributed by atoms with Crippen molar-refractivity contribution in [2.45, 2.75) is 33.2 Å². The fourth-order valence-electron chi connectivity index (χ4n) is 1.52. The molecule has 0 aromatic heterocycles. The number of carbonyl (C=O) groups excluding carboxylic acids is 2. The largest absolute Gasteiger partial charge is 0.480 e. The van der Waals surface area contributed by atoms with Crippen LogP contribution >= 0.6 is 0 Å². The van der Waals surface area contributed by atoms with Gasteiger partial charge in [-0.2, -0.15) is 0 Å². The van der Waals surface area contributed by atoms with Crippen LogP contribution < -0.4 is 5.32 Å². The third kappa shape index (κ3) is 8.15. The van der Waals surface area contributed by atoms with Crippen LogP contribution in [0, 0.1) is 5.92 Å². The number of ether oxygens (including phenoxy) is 1. The quantitative estimate of drug-likeness (QED) is 0.712. The number of nitrogens with one attached hydrogen (secondary N) is 1. The van der Waals surface area contributed by atoms with Gasteiger partial charge in [-0.1, -0.05) is 13.8 Å². The molecule has 0 aromatic rings. The van der Waals surface area contributed by atoms with Gasteiger partial charge in [-0.05, 0) is 19.3 Å². The maximum absolute atomic E-state index is 11.7. The van der Waals surface area contributed by atoms with Gasteiger partial charge in [-0.25, -0.2) is 9.59 Å². The summed E-state index contributed by atoms with van der Waals surface area (Å²) in [5.74, 6) is -1.38. The molecular weight excluding hydrogens is 252 g/mol. The van der Waals surface area contributed by atoms with Crippen LogP contribution in [0.5, 0.6) is 0 Å². The molecule has 1 atom stereocenters. The summed E-state index contributed by atoms with van der Waals surface area (Å²) >= 11 is 0. The standard InChI is InChI=1S/C12H22N2O5/c1-8(2)5-9(3)14(4)12(18)13-10(15)6-19-7-11(16)17/h8-9H,5-7H2,1-4H3,(H,16,17)(H,13,15,18). The van der Waals surface area contributed by atoms with Crippen molar-refractivity contribution in [2.24, 2.45) is 5.92 Å². The van der Waals surface area contributed by atoms with Crippen LogP contribution in [0.3, 0.4) is 0 Å². The highest BCUT2D eigenvalue weighted by Crippen LogP contribution is 2.09. The number of rotatable bonds is 7. The van der Waals surface area contributed by atoms with E-state index in [1.54, 1.807) is 7.05 Å². The van der Waals surface area contributed by atoms with Crippen molar-refractivity contribution >= 4 is 17.9 Å². The Labute approximate surface area is 112 Å². The molecule has 19 heavy (non-hydrogen) atoms. The predicted octanol–water partition coefficient (Wildman–Crippen LogP) is 0.690. The zero-order valence-corrected chi connectivity index (χ0v) is 11.8. The minimum Gasteiger partial charge on any atom is -0.480 e. The summed E-state index contributed by atoms with van der Waals surface area (Å²) in [5, 5.41) is 10.5. The van der Waals surface area contributed by atoms with Crippen LogP contribution in [0.25, 0.3) is 0 Å². The molecule has 7 nitrogen and oxygen atoms in total. The van der Waals surface area contributed by atoms with Crippen molar-refractivity contribution < 1.29 is 24.2 Å². The highest BCUT2D eigenvalue weighted by atomic mass is 16.5. The number of hydrogen-bond donors (Lipinski definition) is 2. The molecule has 0 spiro atoms. The molecular formula is C12H22N2O5. The highest BCUT2D eigenvalue weighted by Gasteiger charge is 2.18. The van der Waals surface area contributed by atoms with Crippen molar-refractivity contribution in [3.8, 4) is 0 Å². The van der Waals surface area contributed by atoms with Crippen LogP contribution in [0.1, 0.15) is 27.2 Å². The highest BCUT2D eigenvalue weighted by molar-refractivity contribution is 5.95. The van der Waals surface area contributed by atoms with Gasteiger partial charge in [0.2, 0.25) is 0 Å². The van der Waals surface area contributed by atoms with Gasteiger partial charge in [0, 0.05) is 13.1 Å². The van der Waals surface area contributed by atoms with Crippen LogP contribution in [-0.2, 0) is 14.3 Å². The van der Waals surface area contributed by atoms with Crippen LogP contribution in [-0.4, -0.2) is 54.2 Å². The number of aliphatic carboxylic acids is 1. The van der Waals surface area contributed by atoms with E-state index in [-0.39, 0.29) is 6.04 Å². The zero-order valence-electron chi connectivity index (χ0n) is 11.8. The lowest BCUT2D eigenvalue weighted by atomic mass is 10.0. The normalized spacial score (nSPS) is 12.1. The van der Waals surface area contributed by atoms with E-state index < -0.39 is 31.1 Å². The van der Waals surface area contributed by atoms with Crippen molar-refractivity contribution in [3.05, 3.63) is 0 Å². The number of hydrogen-bond acceptors (Lipinski definition) is 4. The number of nitrogens with zero attached hydrogens (tertiary/aromatic N) is 1. The molecule has 7 heteroatoms. The average molecular weight is 274 g/mol. The van der Waals surface area contributed by atoms with E-state index in [1.807, 2.05) is 20.8 Å². The molecule has 1 unspecified atom stereocenters. The Morgan fingerprint density at radius 1 is 1.21 bits per heavy atom. The average Bonchev–Trinajstić information content (AvgIpc) is 2.26. The molecule has 0 radical (unpaired) electrons. The molecule has 2 N–H and O–H groups in total. The van der Waals surface area contributed by atoms with E-state index in [4.69, 9.17) is 5.11 Å². The second-order valence-electron chi connectivity index (χ2n) is 4.83. The van der Waals surface area contributed by atoms with Crippen LogP contribution in [0.15, 0.2) is 0 Å². The van der Waals surface area contributed by atoms with Crippen molar-refractivity contribution in [2.75, 3.05) is 20.3 Å². The van der Waals surface area contributed by atoms with Gasteiger partial charge < -0.3 is 14.7 Å². The monoisotopic (exact) mass is 274 g/mol. The minimum atomic E-state index is -1.16. The van der Waals surface area contributed by atoms with E-state index in [2.05, 4.69) is 10.1 Å². The van der Waals surface area contributed by atoms with Gasteiger partial charge in [0.1, 0.15) is 13.2 Å². The number of carboxylic acid groups (broad SMARTS) is 1. The maximum Gasteiger partial charge on any atom is 0.329 e. The summed E-state index contributed by atoms with van der Waals surface area (Å²) in [5.41, 5.74) is 0. The molecule has 0 rings (SSSR count). The first kappa shape index (κ1) is 17.4. The Morgan fingerprint density at radius 3 is 2.26 bits per heavy atom. The van der Waals surface area contributed by atoms with E-state index in [0.29, 0.717) is 5.92 Å². The fraction of sp³-hybridized carbons (Fsp3) is 0.750. The number of urea groups is 1. The molecule has 0 aliphatic heterocycles. The van der Waals surface area contributed by atoms with Crippen molar-refractivity contribution in [1.82, 2.24) is 10.2 Å². The molecule has 0 heterocycles. The van der Waals surface area contributed by atoms with Crippen molar-refractivity contribution in [1.29, 1.82) is 0 Å². The van der Waals surface area contributed by atoms with E-state index in [1.165, 1.54) is 4.90 Å². The predicted molar refractivity (Wildman–Crippen MR) is 68.7 cm³/mol.